The highest BCUT2D eigenvalue weighted by atomic mass is 127. The number of amides is 1. The third-order valence-electron chi connectivity index (χ3n) is 3.62. The van der Waals surface area contributed by atoms with Crippen molar-refractivity contribution >= 4 is 51.9 Å². The largest absolute Gasteiger partial charge is 0.338 e. The number of thioether (sulfide) groups is 1. The first-order valence-corrected chi connectivity index (χ1v) is 8.90. The van der Waals surface area contributed by atoms with E-state index >= 15 is 0 Å². The van der Waals surface area contributed by atoms with Gasteiger partial charge in [-0.1, -0.05) is 11.6 Å². The van der Waals surface area contributed by atoms with Crippen LogP contribution in [-0.4, -0.2) is 34.9 Å². The summed E-state index contributed by atoms with van der Waals surface area (Å²) in [5.41, 5.74) is 0.615. The topological polar surface area (TPSA) is 44.1 Å². The number of carbonyl (C=O) groups is 1. The molecule has 0 unspecified atom stereocenters. The quantitative estimate of drug-likeness (QED) is 0.684. The maximum atomic E-state index is 12.4. The molecule has 20 heavy (non-hydrogen) atoms. The minimum Gasteiger partial charge on any atom is -0.338 e. The van der Waals surface area contributed by atoms with Gasteiger partial charge < -0.3 is 4.90 Å². The van der Waals surface area contributed by atoms with E-state index in [4.69, 9.17) is 11.6 Å². The highest BCUT2D eigenvalue weighted by molar-refractivity contribution is 14.1. The fraction of sp³-hybridized carbons (Fsp3) is 0.429. The molecule has 1 aliphatic rings. The van der Waals surface area contributed by atoms with Gasteiger partial charge in [-0.15, -0.1) is 11.8 Å². The molecule has 0 atom stereocenters. The minimum absolute atomic E-state index is 0.00376. The van der Waals surface area contributed by atoms with Crippen molar-refractivity contribution < 1.29 is 4.79 Å². The molecular weight excluding hydrogens is 407 g/mol. The Balaban J connectivity index is 2.09. The second-order valence-corrected chi connectivity index (χ2v) is 7.49. The number of carbonyl (C=O) groups excluding carboxylic acids is 1. The zero-order valence-electron chi connectivity index (χ0n) is 11.0. The molecular formula is C14H14ClIN2OS. The number of piperidine rings is 1. The predicted molar refractivity (Wildman–Crippen MR) is 91.2 cm³/mol. The molecule has 1 heterocycles. The molecule has 0 radical (unpaired) electrons. The SMILES string of the molecule is CSC1(C#N)CCN(C(=O)c2ccc(I)c(Cl)c2)CC1. The number of nitriles is 1. The first-order chi connectivity index (χ1) is 9.51. The fourth-order valence-corrected chi connectivity index (χ4v) is 3.44. The third-order valence-corrected chi connectivity index (χ3v) is 6.47. The lowest BCUT2D eigenvalue weighted by atomic mass is 9.96. The van der Waals surface area contributed by atoms with Gasteiger partial charge in [-0.2, -0.15) is 5.26 Å². The van der Waals surface area contributed by atoms with Gasteiger partial charge in [0.15, 0.2) is 0 Å². The molecule has 0 bridgehead atoms. The van der Waals surface area contributed by atoms with Crippen molar-refractivity contribution in [1.82, 2.24) is 4.90 Å². The Kier molecular flexibility index (Phi) is 5.21. The minimum atomic E-state index is -0.333. The number of hydrogen-bond acceptors (Lipinski definition) is 3. The molecule has 1 aromatic carbocycles. The first-order valence-electron chi connectivity index (χ1n) is 6.22. The van der Waals surface area contributed by atoms with Gasteiger partial charge in [-0.25, -0.2) is 0 Å². The molecule has 1 amide bonds. The Morgan fingerprint density at radius 3 is 2.65 bits per heavy atom. The lowest BCUT2D eigenvalue weighted by Crippen LogP contribution is -2.44. The van der Waals surface area contributed by atoms with E-state index in [1.165, 1.54) is 0 Å². The van der Waals surface area contributed by atoms with E-state index in [0.717, 1.165) is 3.57 Å². The van der Waals surface area contributed by atoms with Crippen LogP contribution in [0, 0.1) is 14.9 Å². The van der Waals surface area contributed by atoms with E-state index in [0.29, 0.717) is 36.5 Å². The van der Waals surface area contributed by atoms with Crippen LogP contribution in [0.2, 0.25) is 5.02 Å². The average molecular weight is 421 g/mol. The molecule has 0 aliphatic carbocycles. The summed E-state index contributed by atoms with van der Waals surface area (Å²) in [4.78, 5) is 14.2. The molecule has 0 aromatic heterocycles. The van der Waals surface area contributed by atoms with E-state index in [1.807, 2.05) is 17.2 Å². The number of benzene rings is 1. The van der Waals surface area contributed by atoms with Crippen LogP contribution in [0.1, 0.15) is 23.2 Å². The number of nitrogens with zero attached hydrogens (tertiary/aromatic N) is 2. The van der Waals surface area contributed by atoms with Crippen molar-refractivity contribution in [3.05, 3.63) is 32.4 Å². The summed E-state index contributed by atoms with van der Waals surface area (Å²) in [7, 11) is 0. The standard InChI is InChI=1S/C14H14ClIN2OS/c1-20-14(9-17)4-6-18(7-5-14)13(19)10-2-3-12(16)11(15)8-10/h2-3,8H,4-7H2,1H3. The van der Waals surface area contributed by atoms with Gasteiger partial charge in [0, 0.05) is 22.2 Å². The van der Waals surface area contributed by atoms with E-state index in [1.54, 1.807) is 23.9 Å². The highest BCUT2D eigenvalue weighted by Gasteiger charge is 2.35. The monoisotopic (exact) mass is 420 g/mol. The summed E-state index contributed by atoms with van der Waals surface area (Å²) >= 11 is 9.79. The summed E-state index contributed by atoms with van der Waals surface area (Å²) < 4.78 is 0.603. The van der Waals surface area contributed by atoms with Crippen LogP contribution >= 0.6 is 46.0 Å². The summed E-state index contributed by atoms with van der Waals surface area (Å²) in [5.74, 6) is -0.00376. The van der Waals surface area contributed by atoms with Crippen molar-refractivity contribution in [1.29, 1.82) is 5.26 Å². The number of rotatable bonds is 2. The molecule has 1 saturated heterocycles. The zero-order chi connectivity index (χ0) is 14.8. The van der Waals surface area contributed by atoms with E-state index < -0.39 is 0 Å². The smallest absolute Gasteiger partial charge is 0.253 e. The lowest BCUT2D eigenvalue weighted by molar-refractivity contribution is 0.0716. The predicted octanol–water partition coefficient (Wildman–Crippen LogP) is 3.81. The Bertz CT molecular complexity index is 565. The maximum absolute atomic E-state index is 12.4. The number of likely N-dealkylation sites (tertiary alicyclic amines) is 1. The highest BCUT2D eigenvalue weighted by Crippen LogP contribution is 2.34. The van der Waals surface area contributed by atoms with E-state index in [9.17, 15) is 10.1 Å². The lowest BCUT2D eigenvalue weighted by Gasteiger charge is -2.36. The summed E-state index contributed by atoms with van der Waals surface area (Å²) in [5, 5.41) is 9.86. The Morgan fingerprint density at radius 2 is 2.15 bits per heavy atom. The van der Waals surface area contributed by atoms with Gasteiger partial charge in [0.25, 0.3) is 5.91 Å². The molecule has 0 saturated carbocycles. The maximum Gasteiger partial charge on any atom is 0.253 e. The van der Waals surface area contributed by atoms with Gasteiger partial charge in [0.2, 0.25) is 0 Å². The van der Waals surface area contributed by atoms with E-state index in [-0.39, 0.29) is 10.7 Å². The summed E-state index contributed by atoms with van der Waals surface area (Å²) in [6.07, 6.45) is 3.39. The van der Waals surface area contributed by atoms with Crippen molar-refractivity contribution in [2.24, 2.45) is 0 Å². The molecule has 1 aromatic rings. The Labute approximate surface area is 141 Å². The normalized spacial score (nSPS) is 17.6. The fourth-order valence-electron chi connectivity index (χ4n) is 2.24. The van der Waals surface area contributed by atoms with Crippen LogP contribution in [0.25, 0.3) is 0 Å². The third kappa shape index (κ3) is 3.23. The summed E-state index contributed by atoms with van der Waals surface area (Å²) in [6, 6.07) is 7.75. The molecule has 1 fully saturated rings. The molecule has 106 valence electrons. The molecule has 3 nitrogen and oxygen atoms in total. The molecule has 0 N–H and O–H groups in total. The van der Waals surface area contributed by atoms with Crippen molar-refractivity contribution in [3.63, 3.8) is 0 Å². The van der Waals surface area contributed by atoms with E-state index in [2.05, 4.69) is 28.7 Å². The van der Waals surface area contributed by atoms with Gasteiger partial charge >= 0.3 is 0 Å². The van der Waals surface area contributed by atoms with Crippen LogP contribution in [0.15, 0.2) is 18.2 Å². The Morgan fingerprint density at radius 1 is 1.50 bits per heavy atom. The second-order valence-electron chi connectivity index (χ2n) is 4.73. The van der Waals surface area contributed by atoms with Crippen LogP contribution in [0.5, 0.6) is 0 Å². The number of halogens is 2. The first kappa shape index (κ1) is 15.9. The van der Waals surface area contributed by atoms with Crippen LogP contribution in [-0.2, 0) is 0 Å². The van der Waals surface area contributed by atoms with Gasteiger partial charge in [0.1, 0.15) is 4.75 Å². The Hall–Kier alpha value is -0.450. The van der Waals surface area contributed by atoms with Crippen molar-refractivity contribution in [2.75, 3.05) is 19.3 Å². The average Bonchev–Trinajstić information content (AvgIpc) is 2.49. The van der Waals surface area contributed by atoms with Crippen LogP contribution < -0.4 is 0 Å². The van der Waals surface area contributed by atoms with Gasteiger partial charge in [0.05, 0.1) is 11.1 Å². The van der Waals surface area contributed by atoms with Crippen molar-refractivity contribution in [3.8, 4) is 6.07 Å². The van der Waals surface area contributed by atoms with Gasteiger partial charge in [-0.05, 0) is 59.9 Å². The molecule has 6 heteroatoms. The van der Waals surface area contributed by atoms with Crippen LogP contribution in [0.3, 0.4) is 0 Å². The van der Waals surface area contributed by atoms with Crippen molar-refractivity contribution in [2.45, 2.75) is 17.6 Å². The second kappa shape index (κ2) is 6.54. The number of hydrogen-bond donors (Lipinski definition) is 0. The van der Waals surface area contributed by atoms with Gasteiger partial charge in [-0.3, -0.25) is 4.79 Å². The molecule has 1 aliphatic heterocycles. The van der Waals surface area contributed by atoms with Crippen LogP contribution in [0.4, 0.5) is 0 Å². The molecule has 2 rings (SSSR count). The molecule has 0 spiro atoms. The zero-order valence-corrected chi connectivity index (χ0v) is 14.8. The summed E-state index contributed by atoms with van der Waals surface area (Å²) in [6.45, 7) is 1.24.